The molecule has 1 N–H and O–H groups in total. The molecule has 1 aromatic heterocycles. The summed E-state index contributed by atoms with van der Waals surface area (Å²) < 4.78 is 0. The lowest BCUT2D eigenvalue weighted by Gasteiger charge is -2.26. The summed E-state index contributed by atoms with van der Waals surface area (Å²) in [6.07, 6.45) is 0.958. The molecule has 2 heterocycles. The molecule has 1 fully saturated rings. The smallest absolute Gasteiger partial charge is 0.273 e. The molecule has 5 heteroatoms. The van der Waals surface area contributed by atoms with Crippen LogP contribution in [-0.2, 0) is 6.42 Å². The van der Waals surface area contributed by atoms with E-state index in [9.17, 15) is 4.79 Å². The molecule has 17 heavy (non-hydrogen) atoms. The van der Waals surface area contributed by atoms with Gasteiger partial charge in [-0.05, 0) is 5.92 Å². The Morgan fingerprint density at radius 1 is 1.53 bits per heavy atom. The lowest BCUT2D eigenvalue weighted by Crippen LogP contribution is -2.46. The van der Waals surface area contributed by atoms with Crippen molar-refractivity contribution in [3.63, 3.8) is 0 Å². The summed E-state index contributed by atoms with van der Waals surface area (Å²) in [7, 11) is 0. The first-order valence-corrected chi connectivity index (χ1v) is 6.99. The van der Waals surface area contributed by atoms with Crippen molar-refractivity contribution in [3.05, 3.63) is 16.1 Å². The van der Waals surface area contributed by atoms with Crippen LogP contribution >= 0.6 is 11.3 Å². The number of piperazine rings is 1. The molecular weight excluding hydrogens is 234 g/mol. The first-order valence-electron chi connectivity index (χ1n) is 6.11. The first kappa shape index (κ1) is 12.5. The summed E-state index contributed by atoms with van der Waals surface area (Å²) >= 11 is 1.60. The summed E-state index contributed by atoms with van der Waals surface area (Å²) in [6, 6.07) is 0. The van der Waals surface area contributed by atoms with Crippen LogP contribution in [0.1, 0.15) is 29.3 Å². The van der Waals surface area contributed by atoms with Crippen LogP contribution in [-0.4, -0.2) is 42.0 Å². The highest BCUT2D eigenvalue weighted by Gasteiger charge is 2.20. The van der Waals surface area contributed by atoms with Crippen LogP contribution in [0, 0.1) is 5.92 Å². The molecule has 94 valence electrons. The third kappa shape index (κ3) is 3.26. The summed E-state index contributed by atoms with van der Waals surface area (Å²) in [5.41, 5.74) is 0.618. The molecule has 0 unspecified atom stereocenters. The molecule has 1 aliphatic rings. The molecule has 0 spiro atoms. The summed E-state index contributed by atoms with van der Waals surface area (Å²) in [4.78, 5) is 18.5. The number of carbonyl (C=O) groups is 1. The van der Waals surface area contributed by atoms with Gasteiger partial charge in [-0.15, -0.1) is 11.3 Å². The molecular formula is C12H19N3OS. The fourth-order valence-corrected chi connectivity index (χ4v) is 2.86. The Morgan fingerprint density at radius 2 is 2.24 bits per heavy atom. The van der Waals surface area contributed by atoms with E-state index in [2.05, 4.69) is 24.1 Å². The van der Waals surface area contributed by atoms with E-state index >= 15 is 0 Å². The van der Waals surface area contributed by atoms with Gasteiger partial charge in [0, 0.05) is 38.0 Å². The van der Waals surface area contributed by atoms with E-state index in [1.807, 2.05) is 10.3 Å². The Morgan fingerprint density at radius 3 is 2.88 bits per heavy atom. The van der Waals surface area contributed by atoms with Gasteiger partial charge in [-0.2, -0.15) is 0 Å². The molecule has 0 atom stereocenters. The quantitative estimate of drug-likeness (QED) is 0.885. The number of rotatable bonds is 3. The highest BCUT2D eigenvalue weighted by Crippen LogP contribution is 2.15. The minimum absolute atomic E-state index is 0.0813. The van der Waals surface area contributed by atoms with Crippen LogP contribution in [0.4, 0.5) is 0 Å². The molecule has 1 saturated heterocycles. The molecule has 2 rings (SSSR count). The molecule has 0 aromatic carbocycles. The van der Waals surface area contributed by atoms with Gasteiger partial charge in [0.25, 0.3) is 5.91 Å². The number of nitrogens with zero attached hydrogens (tertiary/aromatic N) is 2. The van der Waals surface area contributed by atoms with Gasteiger partial charge in [0.15, 0.2) is 0 Å². The Bertz CT molecular complexity index is 383. The van der Waals surface area contributed by atoms with E-state index < -0.39 is 0 Å². The average molecular weight is 253 g/mol. The van der Waals surface area contributed by atoms with Gasteiger partial charge in [0.2, 0.25) is 0 Å². The van der Waals surface area contributed by atoms with Crippen LogP contribution < -0.4 is 5.32 Å². The average Bonchev–Trinajstić information content (AvgIpc) is 2.77. The van der Waals surface area contributed by atoms with Gasteiger partial charge in [0.1, 0.15) is 5.69 Å². The second-order valence-corrected chi connectivity index (χ2v) is 5.71. The zero-order valence-electron chi connectivity index (χ0n) is 10.4. The predicted molar refractivity (Wildman–Crippen MR) is 69.4 cm³/mol. The van der Waals surface area contributed by atoms with Crippen molar-refractivity contribution in [2.24, 2.45) is 5.92 Å². The highest BCUT2D eigenvalue weighted by molar-refractivity contribution is 7.09. The monoisotopic (exact) mass is 253 g/mol. The lowest BCUT2D eigenvalue weighted by molar-refractivity contribution is 0.0730. The third-order valence-corrected chi connectivity index (χ3v) is 3.63. The van der Waals surface area contributed by atoms with Crippen LogP contribution in [0.15, 0.2) is 5.38 Å². The van der Waals surface area contributed by atoms with E-state index in [4.69, 9.17) is 0 Å². The van der Waals surface area contributed by atoms with E-state index in [-0.39, 0.29) is 5.91 Å². The lowest BCUT2D eigenvalue weighted by atomic mass is 10.1. The molecule has 1 amide bonds. The Hall–Kier alpha value is -0.940. The van der Waals surface area contributed by atoms with Crippen LogP contribution in [0.3, 0.4) is 0 Å². The van der Waals surface area contributed by atoms with Crippen LogP contribution in [0.5, 0.6) is 0 Å². The first-order chi connectivity index (χ1) is 8.16. The molecule has 0 radical (unpaired) electrons. The SMILES string of the molecule is CC(C)Cc1nc(C(=O)N2CCNCC2)cs1. The van der Waals surface area contributed by atoms with Crippen molar-refractivity contribution in [2.45, 2.75) is 20.3 Å². The normalized spacial score (nSPS) is 16.5. The molecule has 4 nitrogen and oxygen atoms in total. The van der Waals surface area contributed by atoms with E-state index in [1.54, 1.807) is 11.3 Å². The number of hydrogen-bond acceptors (Lipinski definition) is 4. The molecule has 1 aliphatic heterocycles. The molecule has 1 aromatic rings. The van der Waals surface area contributed by atoms with Crippen molar-refractivity contribution < 1.29 is 4.79 Å². The molecule has 0 aliphatic carbocycles. The van der Waals surface area contributed by atoms with Gasteiger partial charge < -0.3 is 10.2 Å². The number of nitrogens with one attached hydrogen (secondary N) is 1. The van der Waals surface area contributed by atoms with Crippen LogP contribution in [0.2, 0.25) is 0 Å². The van der Waals surface area contributed by atoms with Gasteiger partial charge >= 0.3 is 0 Å². The topological polar surface area (TPSA) is 45.2 Å². The van der Waals surface area contributed by atoms with Crippen molar-refractivity contribution in [2.75, 3.05) is 26.2 Å². The van der Waals surface area contributed by atoms with Gasteiger partial charge in [0.05, 0.1) is 5.01 Å². The standard InChI is InChI=1S/C12H19N3OS/c1-9(2)7-11-14-10(8-17-11)12(16)15-5-3-13-4-6-15/h8-9,13H,3-7H2,1-2H3. The minimum Gasteiger partial charge on any atom is -0.335 e. The maximum absolute atomic E-state index is 12.1. The molecule has 0 bridgehead atoms. The maximum Gasteiger partial charge on any atom is 0.273 e. The van der Waals surface area contributed by atoms with Crippen LogP contribution in [0.25, 0.3) is 0 Å². The number of carbonyl (C=O) groups excluding carboxylic acids is 1. The Kier molecular flexibility index (Phi) is 4.12. The Labute approximate surface area is 106 Å². The van der Waals surface area contributed by atoms with Crippen molar-refractivity contribution in [1.29, 1.82) is 0 Å². The summed E-state index contributed by atoms with van der Waals surface area (Å²) in [5, 5.41) is 6.20. The van der Waals surface area contributed by atoms with E-state index in [1.165, 1.54) is 0 Å². The van der Waals surface area contributed by atoms with Gasteiger partial charge in [-0.1, -0.05) is 13.8 Å². The number of hydrogen-bond donors (Lipinski definition) is 1. The van der Waals surface area contributed by atoms with E-state index in [0.717, 1.165) is 37.6 Å². The largest absolute Gasteiger partial charge is 0.335 e. The summed E-state index contributed by atoms with van der Waals surface area (Å²) in [5.74, 6) is 0.668. The maximum atomic E-state index is 12.1. The number of thiazole rings is 1. The zero-order chi connectivity index (χ0) is 12.3. The second kappa shape index (κ2) is 5.60. The Balaban J connectivity index is 2.01. The minimum atomic E-state index is 0.0813. The summed E-state index contributed by atoms with van der Waals surface area (Å²) in [6.45, 7) is 7.67. The highest BCUT2D eigenvalue weighted by atomic mass is 32.1. The van der Waals surface area contributed by atoms with Gasteiger partial charge in [-0.3, -0.25) is 4.79 Å². The van der Waals surface area contributed by atoms with Crippen molar-refractivity contribution in [1.82, 2.24) is 15.2 Å². The van der Waals surface area contributed by atoms with Crippen molar-refractivity contribution in [3.8, 4) is 0 Å². The fourth-order valence-electron chi connectivity index (χ4n) is 1.88. The third-order valence-electron chi connectivity index (χ3n) is 2.76. The second-order valence-electron chi connectivity index (χ2n) is 4.77. The zero-order valence-corrected chi connectivity index (χ0v) is 11.2. The molecule has 0 saturated carbocycles. The van der Waals surface area contributed by atoms with E-state index in [0.29, 0.717) is 11.6 Å². The fraction of sp³-hybridized carbons (Fsp3) is 0.667. The predicted octanol–water partition coefficient (Wildman–Crippen LogP) is 1.39. The number of aromatic nitrogens is 1. The van der Waals surface area contributed by atoms with Gasteiger partial charge in [-0.25, -0.2) is 4.98 Å². The number of amides is 1. The van der Waals surface area contributed by atoms with Crippen molar-refractivity contribution >= 4 is 17.2 Å².